The van der Waals surface area contributed by atoms with Gasteiger partial charge in [-0.1, -0.05) is 98.7 Å². The fourth-order valence-corrected chi connectivity index (χ4v) is 5.69. The molecule has 172 valence electrons. The predicted molar refractivity (Wildman–Crippen MR) is 142 cm³/mol. The van der Waals surface area contributed by atoms with Gasteiger partial charge in [0.15, 0.2) is 0 Å². The molecular weight excluding hydrogens is 407 g/mol. The Balaban J connectivity index is 2.39. The maximum Gasteiger partial charge on any atom is 0.283 e. The molecule has 3 aromatic rings. The molecule has 3 heteroatoms. The Labute approximate surface area is 197 Å². The Bertz CT molecular complexity index is 924. The summed E-state index contributed by atoms with van der Waals surface area (Å²) in [6.45, 7) is 20.8. The number of aromatic nitrogens is 2. The molecule has 32 heavy (non-hydrogen) atoms. The van der Waals surface area contributed by atoms with E-state index in [1.54, 1.807) is 0 Å². The van der Waals surface area contributed by atoms with Gasteiger partial charge in [0.25, 0.3) is 5.57 Å². The Morgan fingerprint density at radius 3 is 1.56 bits per heavy atom. The molecule has 1 aromatic heterocycles. The number of nitrogens with zero attached hydrogens (tertiary/aromatic N) is 2. The number of imidazole rings is 1. The van der Waals surface area contributed by atoms with Gasteiger partial charge in [0.1, 0.15) is 23.8 Å². The van der Waals surface area contributed by atoms with Crippen LogP contribution >= 0.6 is 8.58 Å². The van der Waals surface area contributed by atoms with Crippen LogP contribution in [0.5, 0.6) is 0 Å². The van der Waals surface area contributed by atoms with E-state index in [9.17, 15) is 0 Å². The molecule has 0 bridgehead atoms. The van der Waals surface area contributed by atoms with E-state index in [4.69, 9.17) is 0 Å². The molecule has 1 unspecified atom stereocenters. The molecule has 0 spiro atoms. The molecule has 0 radical (unpaired) electrons. The van der Waals surface area contributed by atoms with Crippen molar-refractivity contribution >= 4 is 14.1 Å². The van der Waals surface area contributed by atoms with Crippen molar-refractivity contribution < 1.29 is 4.57 Å². The largest absolute Gasteiger partial charge is 0.283 e. The van der Waals surface area contributed by atoms with Gasteiger partial charge in [-0.2, -0.15) is 9.13 Å². The summed E-state index contributed by atoms with van der Waals surface area (Å²) in [6, 6.07) is 13.7. The van der Waals surface area contributed by atoms with Crippen LogP contribution in [0, 0.1) is 0 Å². The topological polar surface area (TPSA) is 8.81 Å². The van der Waals surface area contributed by atoms with Crippen LogP contribution < -0.4 is 10.1 Å². The van der Waals surface area contributed by atoms with Crippen molar-refractivity contribution in [3.63, 3.8) is 0 Å². The van der Waals surface area contributed by atoms with E-state index in [2.05, 4.69) is 120 Å². The monoisotopic (exact) mass is 449 g/mol. The molecule has 0 N–H and O–H groups in total. The van der Waals surface area contributed by atoms with Crippen molar-refractivity contribution in [2.75, 3.05) is 6.16 Å². The lowest BCUT2D eigenvalue weighted by Gasteiger charge is -2.19. The highest BCUT2D eigenvalue weighted by atomic mass is 31.1. The van der Waals surface area contributed by atoms with Crippen LogP contribution in [0.4, 0.5) is 0 Å². The van der Waals surface area contributed by atoms with Gasteiger partial charge >= 0.3 is 0 Å². The van der Waals surface area contributed by atoms with E-state index in [-0.39, 0.29) is 0 Å². The van der Waals surface area contributed by atoms with Gasteiger partial charge in [-0.15, -0.1) is 0 Å². The summed E-state index contributed by atoms with van der Waals surface area (Å²) < 4.78 is 5.02. The van der Waals surface area contributed by atoms with Gasteiger partial charge in [-0.3, -0.25) is 0 Å². The molecule has 0 aliphatic carbocycles. The lowest BCUT2D eigenvalue weighted by atomic mass is 9.92. The molecule has 0 aliphatic heterocycles. The van der Waals surface area contributed by atoms with E-state index < -0.39 is 0 Å². The molecule has 0 fully saturated rings. The normalized spacial score (nSPS) is 12.4. The van der Waals surface area contributed by atoms with Crippen LogP contribution in [0.2, 0.25) is 0 Å². The number of rotatable bonds is 8. The maximum absolute atomic E-state index is 2.51. The molecule has 0 saturated carbocycles. The van der Waals surface area contributed by atoms with E-state index in [0.29, 0.717) is 23.7 Å². The predicted octanol–water partition coefficient (Wildman–Crippen LogP) is 7.57. The Morgan fingerprint density at radius 2 is 1.16 bits per heavy atom. The zero-order valence-corrected chi connectivity index (χ0v) is 22.5. The van der Waals surface area contributed by atoms with Crippen molar-refractivity contribution in [2.24, 2.45) is 0 Å². The average Bonchev–Trinajstić information content (AvgIpc) is 3.15. The highest BCUT2D eigenvalue weighted by Crippen LogP contribution is 2.33. The zero-order chi connectivity index (χ0) is 23.6. The molecule has 2 nitrogen and oxygen atoms in total. The quantitative estimate of drug-likeness (QED) is 0.248. The van der Waals surface area contributed by atoms with Gasteiger partial charge in [0.2, 0.25) is 0 Å². The summed E-state index contributed by atoms with van der Waals surface area (Å²) in [5, 5.41) is 0. The second-order valence-corrected chi connectivity index (χ2v) is 11.6. The first kappa shape index (κ1) is 24.7. The number of hydrogen-bond donors (Lipinski definition) is 0. The number of para-hydroxylation sites is 2. The summed E-state index contributed by atoms with van der Waals surface area (Å²) in [6.07, 6.45) is 5.77. The van der Waals surface area contributed by atoms with E-state index >= 15 is 0 Å². The standard InChI is InChI=1S/C29H42N2P/c1-10-32-29-30(27-23(19(2)3)13-11-14-24(27)20(4)5)17-18-31(29)28-25(21(6)7)15-12-16-26(28)22(8)9/h11-22,32H,10H2,1-9H3/q+1. The highest BCUT2D eigenvalue weighted by Gasteiger charge is 2.29. The number of hydrogen-bond acceptors (Lipinski definition) is 0. The summed E-state index contributed by atoms with van der Waals surface area (Å²) >= 11 is 0. The van der Waals surface area contributed by atoms with Gasteiger partial charge < -0.3 is 0 Å². The van der Waals surface area contributed by atoms with Crippen molar-refractivity contribution in [1.29, 1.82) is 0 Å². The highest BCUT2D eigenvalue weighted by molar-refractivity contribution is 7.46. The van der Waals surface area contributed by atoms with Crippen molar-refractivity contribution in [3.8, 4) is 11.4 Å². The van der Waals surface area contributed by atoms with E-state index in [0.717, 1.165) is 14.7 Å². The molecule has 1 heterocycles. The van der Waals surface area contributed by atoms with Crippen LogP contribution in [0.15, 0.2) is 48.8 Å². The van der Waals surface area contributed by atoms with Gasteiger partial charge in [-0.25, -0.2) is 0 Å². The van der Waals surface area contributed by atoms with Crippen LogP contribution in [0.25, 0.3) is 11.4 Å². The fraction of sp³-hybridized carbons (Fsp3) is 0.483. The minimum Gasteiger partial charge on any atom is -0.196 e. The van der Waals surface area contributed by atoms with Crippen LogP contribution in [-0.4, -0.2) is 10.7 Å². The van der Waals surface area contributed by atoms with Crippen LogP contribution in [0.3, 0.4) is 0 Å². The number of benzene rings is 2. The SMILES string of the molecule is CCPc1n(-c2c(C(C)C)cccc2C(C)C)cc[n+]1-c1c(C(C)C)cccc1C(C)C. The Morgan fingerprint density at radius 1 is 0.719 bits per heavy atom. The minimum absolute atomic E-state index is 0.478. The third kappa shape index (κ3) is 4.72. The molecular formula is C29H42N2P+. The lowest BCUT2D eigenvalue weighted by molar-refractivity contribution is -0.576. The third-order valence-corrected chi connectivity index (χ3v) is 7.47. The molecule has 3 rings (SSSR count). The molecule has 0 aliphatic rings. The second-order valence-electron chi connectivity index (χ2n) is 10.1. The first-order valence-corrected chi connectivity index (χ1v) is 13.5. The lowest BCUT2D eigenvalue weighted by Crippen LogP contribution is -2.46. The van der Waals surface area contributed by atoms with Crippen molar-refractivity contribution in [2.45, 2.75) is 86.0 Å². The van der Waals surface area contributed by atoms with E-state index in [1.807, 2.05) is 0 Å². The average molecular weight is 450 g/mol. The van der Waals surface area contributed by atoms with Gasteiger partial charge in [-0.05, 0) is 29.8 Å². The molecule has 1 atom stereocenters. The minimum atomic E-state index is 0.478. The molecule has 0 amide bonds. The summed E-state index contributed by atoms with van der Waals surface area (Å²) in [5.41, 5.74) is 9.91. The zero-order valence-electron chi connectivity index (χ0n) is 21.5. The summed E-state index contributed by atoms with van der Waals surface area (Å²) in [5.74, 6) is 1.91. The van der Waals surface area contributed by atoms with Crippen molar-refractivity contribution in [1.82, 2.24) is 4.57 Å². The molecule has 2 aromatic carbocycles. The van der Waals surface area contributed by atoms with Crippen LogP contribution in [0.1, 0.15) is 108 Å². The fourth-order valence-electron chi connectivity index (χ4n) is 4.66. The van der Waals surface area contributed by atoms with Crippen LogP contribution in [-0.2, 0) is 0 Å². The van der Waals surface area contributed by atoms with Gasteiger partial charge in [0, 0.05) is 30.8 Å². The Hall–Kier alpha value is -1.92. The summed E-state index contributed by atoms with van der Waals surface area (Å²) in [7, 11) is 0.746. The maximum atomic E-state index is 2.51. The first-order chi connectivity index (χ1) is 15.2. The third-order valence-electron chi connectivity index (χ3n) is 6.32. The van der Waals surface area contributed by atoms with Gasteiger partial charge in [0.05, 0.1) is 0 Å². The smallest absolute Gasteiger partial charge is 0.196 e. The van der Waals surface area contributed by atoms with Crippen molar-refractivity contribution in [3.05, 3.63) is 71.0 Å². The molecule has 0 saturated heterocycles. The van der Waals surface area contributed by atoms with E-state index in [1.165, 1.54) is 39.2 Å². The Kier molecular flexibility index (Phi) is 7.99. The summed E-state index contributed by atoms with van der Waals surface area (Å²) in [4.78, 5) is 0. The first-order valence-electron chi connectivity index (χ1n) is 12.3. The second kappa shape index (κ2) is 10.3.